The summed E-state index contributed by atoms with van der Waals surface area (Å²) in [5.41, 5.74) is 3.48. The van der Waals surface area contributed by atoms with Crippen LogP contribution >= 0.6 is 11.3 Å². The van der Waals surface area contributed by atoms with Crippen LogP contribution in [0.5, 0.6) is 5.75 Å². The molecule has 1 aromatic heterocycles. The van der Waals surface area contributed by atoms with Crippen molar-refractivity contribution < 1.29 is 24.0 Å². The van der Waals surface area contributed by atoms with Gasteiger partial charge in [-0.1, -0.05) is 11.6 Å². The lowest BCUT2D eigenvalue weighted by molar-refractivity contribution is -0.885. The Morgan fingerprint density at radius 1 is 1.19 bits per heavy atom. The van der Waals surface area contributed by atoms with Gasteiger partial charge in [-0.25, -0.2) is 4.79 Å². The number of amides is 1. The number of aryl methyl sites for hydroxylation is 2. The lowest BCUT2D eigenvalue weighted by Gasteiger charge is -2.16. The number of rotatable bonds is 7. The summed E-state index contributed by atoms with van der Waals surface area (Å²) in [6, 6.07) is 6.01. The molecule has 0 aliphatic rings. The SMILES string of the molecule is COC(=O)c1c(NC(=O)C[NH+](C)Cc2cc(C)ccc2OC)sc(C)c1C. The molecular weight excluding hydrogens is 364 g/mol. The van der Waals surface area contributed by atoms with Crippen LogP contribution < -0.4 is 15.0 Å². The highest BCUT2D eigenvalue weighted by molar-refractivity contribution is 7.16. The van der Waals surface area contributed by atoms with E-state index < -0.39 is 5.97 Å². The molecule has 0 saturated carbocycles. The van der Waals surface area contributed by atoms with Crippen LogP contribution in [0.15, 0.2) is 18.2 Å². The van der Waals surface area contributed by atoms with Crippen molar-refractivity contribution in [1.82, 2.24) is 0 Å². The van der Waals surface area contributed by atoms with Crippen molar-refractivity contribution in [3.8, 4) is 5.75 Å². The van der Waals surface area contributed by atoms with E-state index in [4.69, 9.17) is 9.47 Å². The predicted octanol–water partition coefficient (Wildman–Crippen LogP) is 2.12. The summed E-state index contributed by atoms with van der Waals surface area (Å²) in [6.07, 6.45) is 0. The van der Waals surface area contributed by atoms with Crippen molar-refractivity contribution in [2.24, 2.45) is 0 Å². The number of carbonyl (C=O) groups is 2. The zero-order valence-electron chi connectivity index (χ0n) is 16.7. The molecule has 0 fully saturated rings. The Labute approximate surface area is 164 Å². The molecule has 1 aromatic carbocycles. The van der Waals surface area contributed by atoms with Gasteiger partial charge in [0.15, 0.2) is 6.54 Å². The second-order valence-corrected chi connectivity index (χ2v) is 7.88. The minimum atomic E-state index is -0.433. The molecule has 2 aromatic rings. The topological polar surface area (TPSA) is 69.1 Å². The molecule has 27 heavy (non-hydrogen) atoms. The van der Waals surface area contributed by atoms with E-state index in [1.165, 1.54) is 18.4 Å². The second kappa shape index (κ2) is 9.01. The standard InChI is InChI=1S/C20H26N2O4S/c1-12-7-8-16(25-5)15(9-12)10-22(4)11-17(23)21-19-18(20(24)26-6)13(2)14(3)27-19/h7-9H,10-11H2,1-6H3,(H,21,23)/p+1. The van der Waals surface area contributed by atoms with Gasteiger partial charge in [0.05, 0.1) is 26.8 Å². The summed E-state index contributed by atoms with van der Waals surface area (Å²) in [7, 11) is 4.94. The second-order valence-electron chi connectivity index (χ2n) is 6.65. The minimum Gasteiger partial charge on any atom is -0.496 e. The minimum absolute atomic E-state index is 0.148. The number of esters is 1. The van der Waals surface area contributed by atoms with Crippen LogP contribution in [0, 0.1) is 20.8 Å². The number of nitrogens with one attached hydrogen (secondary N) is 2. The maximum Gasteiger partial charge on any atom is 0.341 e. The summed E-state index contributed by atoms with van der Waals surface area (Å²) < 4.78 is 10.3. The van der Waals surface area contributed by atoms with Crippen LogP contribution in [0.2, 0.25) is 0 Å². The number of anilines is 1. The summed E-state index contributed by atoms with van der Waals surface area (Å²) in [5, 5.41) is 3.41. The third kappa shape index (κ3) is 5.08. The van der Waals surface area contributed by atoms with Crippen molar-refractivity contribution in [3.63, 3.8) is 0 Å². The highest BCUT2D eigenvalue weighted by Crippen LogP contribution is 2.32. The number of hydrogen-bond donors (Lipinski definition) is 2. The lowest BCUT2D eigenvalue weighted by Crippen LogP contribution is -3.08. The van der Waals surface area contributed by atoms with Gasteiger partial charge in [0.1, 0.15) is 17.3 Å². The fourth-order valence-corrected chi connectivity index (χ4v) is 4.01. The van der Waals surface area contributed by atoms with E-state index in [-0.39, 0.29) is 12.5 Å². The first-order chi connectivity index (χ1) is 12.8. The lowest BCUT2D eigenvalue weighted by atomic mass is 10.1. The van der Waals surface area contributed by atoms with Gasteiger partial charge >= 0.3 is 5.97 Å². The average molecular weight is 392 g/mol. The van der Waals surface area contributed by atoms with Crippen molar-refractivity contribution in [1.29, 1.82) is 0 Å². The highest BCUT2D eigenvalue weighted by atomic mass is 32.1. The predicted molar refractivity (Wildman–Crippen MR) is 107 cm³/mol. The fourth-order valence-electron chi connectivity index (χ4n) is 2.94. The number of ether oxygens (including phenoxy) is 2. The Hall–Kier alpha value is -2.38. The third-order valence-electron chi connectivity index (χ3n) is 4.42. The van der Waals surface area contributed by atoms with Gasteiger partial charge < -0.3 is 19.7 Å². The molecule has 2 rings (SSSR count). The van der Waals surface area contributed by atoms with Crippen LogP contribution in [-0.2, 0) is 16.1 Å². The quantitative estimate of drug-likeness (QED) is 0.710. The molecular formula is C20H27N2O4S+. The molecule has 146 valence electrons. The molecule has 7 heteroatoms. The zero-order chi connectivity index (χ0) is 20.1. The molecule has 0 spiro atoms. The number of hydrogen-bond acceptors (Lipinski definition) is 5. The number of quaternary nitrogens is 1. The Morgan fingerprint density at radius 3 is 2.52 bits per heavy atom. The van der Waals surface area contributed by atoms with Gasteiger partial charge in [-0.3, -0.25) is 4.79 Å². The molecule has 1 unspecified atom stereocenters. The smallest absolute Gasteiger partial charge is 0.341 e. The normalized spacial score (nSPS) is 11.8. The molecule has 0 aliphatic carbocycles. The number of methoxy groups -OCH3 is 2. The molecule has 1 amide bonds. The van der Waals surface area contributed by atoms with Crippen LogP contribution in [0.1, 0.15) is 31.9 Å². The van der Waals surface area contributed by atoms with E-state index >= 15 is 0 Å². The van der Waals surface area contributed by atoms with E-state index in [1.807, 2.05) is 40.0 Å². The van der Waals surface area contributed by atoms with Crippen molar-refractivity contribution >= 4 is 28.2 Å². The first kappa shape index (κ1) is 20.9. The number of likely N-dealkylation sites (N-methyl/N-ethyl adjacent to an activating group) is 1. The Kier molecular flexibility index (Phi) is 6.98. The Balaban J connectivity index is 2.07. The van der Waals surface area contributed by atoms with Gasteiger partial charge in [0.25, 0.3) is 5.91 Å². The number of thiophene rings is 1. The van der Waals surface area contributed by atoms with Crippen molar-refractivity contribution in [3.05, 3.63) is 45.3 Å². The zero-order valence-corrected chi connectivity index (χ0v) is 17.5. The van der Waals surface area contributed by atoms with Crippen LogP contribution in [0.25, 0.3) is 0 Å². The summed E-state index contributed by atoms with van der Waals surface area (Å²) in [6.45, 7) is 6.73. The monoisotopic (exact) mass is 391 g/mol. The largest absolute Gasteiger partial charge is 0.496 e. The molecule has 6 nitrogen and oxygen atoms in total. The summed E-state index contributed by atoms with van der Waals surface area (Å²) in [5.74, 6) is 0.237. The third-order valence-corrected chi connectivity index (χ3v) is 5.54. The highest BCUT2D eigenvalue weighted by Gasteiger charge is 2.22. The summed E-state index contributed by atoms with van der Waals surface area (Å²) >= 11 is 1.39. The van der Waals surface area contributed by atoms with Crippen LogP contribution in [0.3, 0.4) is 0 Å². The number of carbonyl (C=O) groups excluding carboxylic acids is 2. The molecule has 2 N–H and O–H groups in total. The van der Waals surface area contributed by atoms with Gasteiger partial charge in [-0.15, -0.1) is 11.3 Å². The fraction of sp³-hybridized carbons (Fsp3) is 0.400. The molecule has 0 saturated heterocycles. The maximum atomic E-state index is 12.5. The van der Waals surface area contributed by atoms with E-state index in [1.54, 1.807) is 7.11 Å². The maximum absolute atomic E-state index is 12.5. The van der Waals surface area contributed by atoms with E-state index in [0.717, 1.165) is 32.2 Å². The first-order valence-electron chi connectivity index (χ1n) is 8.69. The van der Waals surface area contributed by atoms with Gasteiger partial charge in [0, 0.05) is 10.4 Å². The average Bonchev–Trinajstić information content (AvgIpc) is 2.88. The van der Waals surface area contributed by atoms with Crippen molar-refractivity contribution in [2.75, 3.05) is 33.1 Å². The van der Waals surface area contributed by atoms with Gasteiger partial charge in [0.2, 0.25) is 0 Å². The van der Waals surface area contributed by atoms with Crippen molar-refractivity contribution in [2.45, 2.75) is 27.3 Å². The summed E-state index contributed by atoms with van der Waals surface area (Å²) in [4.78, 5) is 26.5. The van der Waals surface area contributed by atoms with E-state index in [0.29, 0.717) is 17.1 Å². The van der Waals surface area contributed by atoms with E-state index in [2.05, 4.69) is 11.4 Å². The van der Waals surface area contributed by atoms with Crippen LogP contribution in [0.4, 0.5) is 5.00 Å². The molecule has 1 atom stereocenters. The van der Waals surface area contributed by atoms with E-state index in [9.17, 15) is 9.59 Å². The van der Waals surface area contributed by atoms with Gasteiger partial charge in [-0.2, -0.15) is 0 Å². The number of benzene rings is 1. The molecule has 0 bridgehead atoms. The molecule has 0 radical (unpaired) electrons. The molecule has 0 aliphatic heterocycles. The van der Waals surface area contributed by atoms with Gasteiger partial charge in [-0.05, 0) is 38.5 Å². The Bertz CT molecular complexity index is 845. The first-order valence-corrected chi connectivity index (χ1v) is 9.51. The van der Waals surface area contributed by atoms with Crippen LogP contribution in [-0.4, -0.2) is 39.7 Å². The molecule has 1 heterocycles. The Morgan fingerprint density at radius 2 is 1.89 bits per heavy atom.